The maximum atomic E-state index is 11.4. The van der Waals surface area contributed by atoms with Gasteiger partial charge in [-0.15, -0.1) is 0 Å². The number of carboxylic acid groups (broad SMARTS) is 1. The lowest BCUT2D eigenvalue weighted by molar-refractivity contribution is -0.150. The monoisotopic (exact) mass is 169 g/mol. The van der Waals surface area contributed by atoms with Gasteiger partial charge in [-0.25, -0.2) is 4.79 Å². The largest absolute Gasteiger partial charge is 0.480 e. The molecule has 3 N–H and O–H groups in total. The molecule has 0 amide bonds. The molecule has 0 aromatic heterocycles. The minimum Gasteiger partial charge on any atom is -0.480 e. The third kappa shape index (κ3) is 0.659. The Morgan fingerprint density at radius 3 is 2.58 bits per heavy atom. The Labute approximate surface area is 69.7 Å². The standard InChI is InChI=1S/C8H11NO3/c9-8(7(11)12)5-2-1-4(3-5)6(8)10/h4-5H,1-3,9H2,(H,11,12). The van der Waals surface area contributed by atoms with E-state index in [4.69, 9.17) is 10.8 Å². The maximum absolute atomic E-state index is 11.4. The van der Waals surface area contributed by atoms with E-state index in [0.717, 1.165) is 12.8 Å². The fourth-order valence-corrected chi connectivity index (χ4v) is 2.45. The third-order valence-corrected chi connectivity index (χ3v) is 3.21. The van der Waals surface area contributed by atoms with Crippen LogP contribution in [0.3, 0.4) is 0 Å². The smallest absolute Gasteiger partial charge is 0.331 e. The van der Waals surface area contributed by atoms with Gasteiger partial charge in [-0.3, -0.25) is 4.79 Å². The van der Waals surface area contributed by atoms with E-state index in [9.17, 15) is 9.59 Å². The summed E-state index contributed by atoms with van der Waals surface area (Å²) >= 11 is 0. The van der Waals surface area contributed by atoms with Crippen LogP contribution in [0.25, 0.3) is 0 Å². The Kier molecular flexibility index (Phi) is 1.33. The van der Waals surface area contributed by atoms with Gasteiger partial charge in [-0.05, 0) is 25.2 Å². The molecule has 0 spiro atoms. The maximum Gasteiger partial charge on any atom is 0.331 e. The van der Waals surface area contributed by atoms with Gasteiger partial charge < -0.3 is 10.8 Å². The van der Waals surface area contributed by atoms with Crippen molar-refractivity contribution in [2.24, 2.45) is 17.6 Å². The normalized spacial score (nSPS) is 45.2. The predicted octanol–water partition coefficient (Wildman–Crippen LogP) is -0.233. The average molecular weight is 169 g/mol. The van der Waals surface area contributed by atoms with Crippen LogP contribution in [0.15, 0.2) is 0 Å². The highest BCUT2D eigenvalue weighted by Crippen LogP contribution is 2.47. The fourth-order valence-electron chi connectivity index (χ4n) is 2.45. The van der Waals surface area contributed by atoms with Crippen LogP contribution in [-0.4, -0.2) is 22.4 Å². The highest BCUT2D eigenvalue weighted by Gasteiger charge is 2.60. The van der Waals surface area contributed by atoms with Crippen molar-refractivity contribution in [2.75, 3.05) is 0 Å². The van der Waals surface area contributed by atoms with E-state index in [-0.39, 0.29) is 17.6 Å². The van der Waals surface area contributed by atoms with Crippen LogP contribution in [0.5, 0.6) is 0 Å². The van der Waals surface area contributed by atoms with Gasteiger partial charge in [-0.2, -0.15) is 0 Å². The molecule has 4 nitrogen and oxygen atoms in total. The second kappa shape index (κ2) is 2.07. The first-order valence-corrected chi connectivity index (χ1v) is 4.13. The molecule has 0 aromatic carbocycles. The Balaban J connectivity index is 2.39. The lowest BCUT2D eigenvalue weighted by Gasteiger charge is -2.27. The van der Waals surface area contributed by atoms with Gasteiger partial charge in [0.1, 0.15) is 0 Å². The molecule has 0 radical (unpaired) electrons. The summed E-state index contributed by atoms with van der Waals surface area (Å²) in [4.78, 5) is 22.2. The van der Waals surface area contributed by atoms with Crippen molar-refractivity contribution in [3.63, 3.8) is 0 Å². The lowest BCUT2D eigenvalue weighted by Crippen LogP contribution is -2.58. The van der Waals surface area contributed by atoms with Crippen LogP contribution in [0.4, 0.5) is 0 Å². The van der Waals surface area contributed by atoms with Gasteiger partial charge in [0.25, 0.3) is 0 Å². The quantitative estimate of drug-likeness (QED) is 0.531. The first-order chi connectivity index (χ1) is 5.56. The van der Waals surface area contributed by atoms with Gasteiger partial charge in [0.15, 0.2) is 11.3 Å². The van der Waals surface area contributed by atoms with Crippen LogP contribution in [-0.2, 0) is 9.59 Å². The summed E-state index contributed by atoms with van der Waals surface area (Å²) in [7, 11) is 0. The van der Waals surface area contributed by atoms with E-state index in [0.29, 0.717) is 6.42 Å². The Bertz CT molecular complexity index is 263. The van der Waals surface area contributed by atoms with E-state index in [2.05, 4.69) is 0 Å². The number of Topliss-reactive ketones (excluding diaryl/α,β-unsaturated/α-hetero) is 1. The average Bonchev–Trinajstić information content (AvgIpc) is 2.55. The van der Waals surface area contributed by atoms with Crippen LogP contribution in [0.2, 0.25) is 0 Å². The molecule has 4 heteroatoms. The summed E-state index contributed by atoms with van der Waals surface area (Å²) in [5, 5.41) is 8.82. The molecule has 0 heterocycles. The molecule has 66 valence electrons. The van der Waals surface area contributed by atoms with Crippen LogP contribution >= 0.6 is 0 Å². The molecule has 12 heavy (non-hydrogen) atoms. The van der Waals surface area contributed by atoms with Crippen LogP contribution in [0.1, 0.15) is 19.3 Å². The number of carbonyl (C=O) groups is 2. The van der Waals surface area contributed by atoms with Gasteiger partial charge in [0.2, 0.25) is 0 Å². The van der Waals surface area contributed by atoms with Crippen LogP contribution in [0, 0.1) is 11.8 Å². The molecule has 0 aromatic rings. The molecule has 2 rings (SSSR count). The number of hydrogen-bond donors (Lipinski definition) is 2. The fraction of sp³-hybridized carbons (Fsp3) is 0.750. The molecule has 3 atom stereocenters. The molecule has 2 aliphatic carbocycles. The number of carboxylic acids is 1. The minimum absolute atomic E-state index is 0.0731. The number of rotatable bonds is 1. The summed E-state index contributed by atoms with van der Waals surface area (Å²) in [5.41, 5.74) is 4.03. The van der Waals surface area contributed by atoms with Gasteiger partial charge in [-0.1, -0.05) is 0 Å². The van der Waals surface area contributed by atoms with E-state index < -0.39 is 11.5 Å². The summed E-state index contributed by atoms with van der Waals surface area (Å²) < 4.78 is 0. The summed E-state index contributed by atoms with van der Waals surface area (Å²) in [5.74, 6) is -1.60. The number of hydrogen-bond acceptors (Lipinski definition) is 3. The summed E-state index contributed by atoms with van der Waals surface area (Å²) in [6, 6.07) is 0. The molecule has 3 unspecified atom stereocenters. The zero-order valence-corrected chi connectivity index (χ0v) is 6.62. The molecule has 0 aliphatic heterocycles. The Hall–Kier alpha value is -0.900. The van der Waals surface area contributed by atoms with E-state index in [1.165, 1.54) is 0 Å². The van der Waals surface area contributed by atoms with Crippen molar-refractivity contribution in [3.8, 4) is 0 Å². The molecule has 2 fully saturated rings. The lowest BCUT2D eigenvalue weighted by atomic mass is 9.81. The molecule has 2 bridgehead atoms. The summed E-state index contributed by atoms with van der Waals surface area (Å²) in [6.45, 7) is 0. The second-order valence-electron chi connectivity index (χ2n) is 3.75. The second-order valence-corrected chi connectivity index (χ2v) is 3.75. The van der Waals surface area contributed by atoms with Crippen LogP contribution < -0.4 is 5.73 Å². The van der Waals surface area contributed by atoms with Crippen molar-refractivity contribution in [3.05, 3.63) is 0 Å². The molecular weight excluding hydrogens is 158 g/mol. The number of nitrogens with two attached hydrogens (primary N) is 1. The Morgan fingerprint density at radius 2 is 2.25 bits per heavy atom. The number of fused-ring (bicyclic) bond motifs is 2. The first-order valence-electron chi connectivity index (χ1n) is 4.13. The molecule has 2 saturated carbocycles. The molecule has 0 saturated heterocycles. The topological polar surface area (TPSA) is 80.4 Å². The number of aliphatic carboxylic acids is 1. The van der Waals surface area contributed by atoms with Crippen molar-refractivity contribution >= 4 is 11.8 Å². The molecular formula is C8H11NO3. The zero-order valence-electron chi connectivity index (χ0n) is 6.62. The number of carbonyl (C=O) groups excluding carboxylic acids is 1. The van der Waals surface area contributed by atoms with E-state index >= 15 is 0 Å². The van der Waals surface area contributed by atoms with Gasteiger partial charge >= 0.3 is 5.97 Å². The third-order valence-electron chi connectivity index (χ3n) is 3.21. The minimum atomic E-state index is -1.55. The van der Waals surface area contributed by atoms with Gasteiger partial charge in [0, 0.05) is 5.92 Å². The predicted molar refractivity (Wildman–Crippen MR) is 40.4 cm³/mol. The first kappa shape index (κ1) is 7.73. The summed E-state index contributed by atoms with van der Waals surface area (Å²) in [6.07, 6.45) is 2.30. The SMILES string of the molecule is NC1(C(=O)O)C(=O)C2CCC1C2. The van der Waals surface area contributed by atoms with Gasteiger partial charge in [0.05, 0.1) is 0 Å². The highest BCUT2D eigenvalue weighted by atomic mass is 16.4. The van der Waals surface area contributed by atoms with Crippen molar-refractivity contribution in [1.29, 1.82) is 0 Å². The van der Waals surface area contributed by atoms with Crippen molar-refractivity contribution in [2.45, 2.75) is 24.8 Å². The van der Waals surface area contributed by atoms with E-state index in [1.807, 2.05) is 0 Å². The van der Waals surface area contributed by atoms with Crippen molar-refractivity contribution < 1.29 is 14.7 Å². The highest BCUT2D eigenvalue weighted by molar-refractivity contribution is 6.11. The Morgan fingerprint density at radius 1 is 1.58 bits per heavy atom. The number of ketones is 1. The zero-order chi connectivity index (χ0) is 8.93. The van der Waals surface area contributed by atoms with Crippen molar-refractivity contribution in [1.82, 2.24) is 0 Å². The molecule has 2 aliphatic rings. The van der Waals surface area contributed by atoms with E-state index in [1.54, 1.807) is 0 Å².